The van der Waals surface area contributed by atoms with E-state index in [-0.39, 0.29) is 11.2 Å². The Morgan fingerprint density at radius 3 is 2.46 bits per heavy atom. The molecule has 2 aliphatic carbocycles. The Labute approximate surface area is 153 Å². The summed E-state index contributed by atoms with van der Waals surface area (Å²) in [5.74, 6) is 2.98. The zero-order valence-electron chi connectivity index (χ0n) is 16.2. The lowest BCUT2D eigenvalue weighted by Crippen LogP contribution is -2.40. The number of hydrogen-bond donors (Lipinski definition) is 0. The Morgan fingerprint density at radius 1 is 1.00 bits per heavy atom. The molecule has 0 aromatic carbocycles. The number of hydrogen-bond acceptors (Lipinski definition) is 3. The highest BCUT2D eigenvalue weighted by Gasteiger charge is 2.42. The lowest BCUT2D eigenvalue weighted by molar-refractivity contribution is 0.407. The van der Waals surface area contributed by atoms with Crippen LogP contribution in [0.5, 0.6) is 0 Å². The summed E-state index contributed by atoms with van der Waals surface area (Å²) in [7, 11) is 1.96. The SMILES string of the molecule is CCCn1c(=O)c2c(nc(C3CCC4CCCC43)n2C)n(CCC)c1=O. The fourth-order valence-corrected chi connectivity index (χ4v) is 5.44. The Bertz CT molecular complexity index is 936. The molecule has 0 spiro atoms. The third-order valence-electron chi connectivity index (χ3n) is 6.59. The van der Waals surface area contributed by atoms with E-state index >= 15 is 0 Å². The summed E-state index contributed by atoms with van der Waals surface area (Å²) < 4.78 is 5.12. The van der Waals surface area contributed by atoms with Gasteiger partial charge in [-0.1, -0.05) is 26.7 Å². The van der Waals surface area contributed by atoms with Crippen molar-refractivity contribution in [3.05, 3.63) is 26.7 Å². The first-order chi connectivity index (χ1) is 12.6. The topological polar surface area (TPSA) is 61.8 Å². The smallest absolute Gasteiger partial charge is 0.325 e. The Hall–Kier alpha value is -1.85. The molecule has 2 fully saturated rings. The van der Waals surface area contributed by atoms with E-state index in [0.29, 0.717) is 36.1 Å². The highest BCUT2D eigenvalue weighted by molar-refractivity contribution is 5.71. The molecule has 2 aromatic rings. The molecule has 0 N–H and O–H groups in total. The zero-order valence-corrected chi connectivity index (χ0v) is 16.2. The molecule has 3 atom stereocenters. The van der Waals surface area contributed by atoms with Crippen molar-refractivity contribution >= 4 is 11.2 Å². The third-order valence-corrected chi connectivity index (χ3v) is 6.59. The molecule has 4 rings (SSSR count). The van der Waals surface area contributed by atoms with Crippen LogP contribution >= 0.6 is 0 Å². The van der Waals surface area contributed by atoms with Gasteiger partial charge < -0.3 is 4.57 Å². The molecule has 0 saturated heterocycles. The number of nitrogens with zero attached hydrogens (tertiary/aromatic N) is 4. The Kier molecular flexibility index (Phi) is 4.53. The van der Waals surface area contributed by atoms with Crippen LogP contribution in [-0.2, 0) is 20.1 Å². The number of imidazole rings is 1. The van der Waals surface area contributed by atoms with Crippen molar-refractivity contribution in [3.63, 3.8) is 0 Å². The number of aromatic nitrogens is 4. The van der Waals surface area contributed by atoms with E-state index in [1.54, 1.807) is 4.57 Å². The minimum atomic E-state index is -0.207. The Morgan fingerprint density at radius 2 is 1.73 bits per heavy atom. The van der Waals surface area contributed by atoms with E-state index in [9.17, 15) is 9.59 Å². The monoisotopic (exact) mass is 358 g/mol. The molecule has 0 bridgehead atoms. The minimum absolute atomic E-state index is 0.179. The second-order valence-corrected chi connectivity index (χ2v) is 8.13. The number of fused-ring (bicyclic) bond motifs is 2. The maximum atomic E-state index is 13.1. The van der Waals surface area contributed by atoms with Gasteiger partial charge in [-0.15, -0.1) is 0 Å². The average molecular weight is 358 g/mol. The summed E-state index contributed by atoms with van der Waals surface area (Å²) >= 11 is 0. The molecule has 0 radical (unpaired) electrons. The standard InChI is InChI=1S/C20H30N4O2/c1-4-11-23-18-16(19(25)24(12-5-2)20(23)26)22(3)17(21-18)15-10-9-13-7-6-8-14(13)15/h13-15H,4-12H2,1-3H3. The van der Waals surface area contributed by atoms with Crippen molar-refractivity contribution in [2.75, 3.05) is 0 Å². The second-order valence-electron chi connectivity index (χ2n) is 8.13. The van der Waals surface area contributed by atoms with Gasteiger partial charge in [-0.05, 0) is 43.9 Å². The van der Waals surface area contributed by atoms with Crippen LogP contribution in [0.2, 0.25) is 0 Å². The molecule has 0 aliphatic heterocycles. The lowest BCUT2D eigenvalue weighted by Gasteiger charge is -2.17. The van der Waals surface area contributed by atoms with Gasteiger partial charge in [0, 0.05) is 26.1 Å². The first-order valence-electron chi connectivity index (χ1n) is 10.3. The predicted octanol–water partition coefficient (Wildman–Crippen LogP) is 3.01. The van der Waals surface area contributed by atoms with Gasteiger partial charge in [-0.25, -0.2) is 9.78 Å². The van der Waals surface area contributed by atoms with Gasteiger partial charge in [0.1, 0.15) is 5.82 Å². The van der Waals surface area contributed by atoms with Crippen molar-refractivity contribution in [2.24, 2.45) is 18.9 Å². The van der Waals surface area contributed by atoms with Crippen molar-refractivity contribution < 1.29 is 0 Å². The van der Waals surface area contributed by atoms with E-state index in [1.807, 2.05) is 18.5 Å². The number of rotatable bonds is 5. The summed E-state index contributed by atoms with van der Waals surface area (Å²) in [5.41, 5.74) is 0.804. The summed E-state index contributed by atoms with van der Waals surface area (Å²) in [5, 5.41) is 0. The Balaban J connectivity index is 1.93. The molecule has 6 heteroatoms. The normalized spacial score (nSPS) is 25.3. The van der Waals surface area contributed by atoms with Gasteiger partial charge in [0.2, 0.25) is 0 Å². The minimum Gasteiger partial charge on any atom is -0.325 e. The summed E-state index contributed by atoms with van der Waals surface area (Å²) in [6.45, 7) is 5.11. The quantitative estimate of drug-likeness (QED) is 0.825. The van der Waals surface area contributed by atoms with Crippen molar-refractivity contribution in [2.45, 2.75) is 77.8 Å². The molecule has 2 heterocycles. The highest BCUT2D eigenvalue weighted by atomic mass is 16.2. The van der Waals surface area contributed by atoms with Crippen LogP contribution in [0.1, 0.15) is 70.5 Å². The van der Waals surface area contributed by atoms with E-state index in [4.69, 9.17) is 4.98 Å². The zero-order chi connectivity index (χ0) is 18.4. The van der Waals surface area contributed by atoms with Crippen molar-refractivity contribution in [3.8, 4) is 0 Å². The van der Waals surface area contributed by atoms with Crippen LogP contribution in [-0.4, -0.2) is 18.7 Å². The highest BCUT2D eigenvalue weighted by Crippen LogP contribution is 2.51. The molecule has 6 nitrogen and oxygen atoms in total. The molecule has 2 saturated carbocycles. The van der Waals surface area contributed by atoms with E-state index in [2.05, 4.69) is 6.92 Å². The molecule has 26 heavy (non-hydrogen) atoms. The van der Waals surface area contributed by atoms with E-state index in [0.717, 1.165) is 31.0 Å². The van der Waals surface area contributed by atoms with Crippen LogP contribution in [0.3, 0.4) is 0 Å². The molecular weight excluding hydrogens is 328 g/mol. The van der Waals surface area contributed by atoms with Crippen LogP contribution in [0.15, 0.2) is 9.59 Å². The molecule has 0 amide bonds. The van der Waals surface area contributed by atoms with Crippen LogP contribution in [0, 0.1) is 11.8 Å². The maximum absolute atomic E-state index is 13.1. The van der Waals surface area contributed by atoms with E-state index < -0.39 is 0 Å². The van der Waals surface area contributed by atoms with Gasteiger partial charge in [0.05, 0.1) is 0 Å². The molecular formula is C20H30N4O2. The van der Waals surface area contributed by atoms with Gasteiger partial charge >= 0.3 is 5.69 Å². The molecule has 3 unspecified atom stereocenters. The van der Waals surface area contributed by atoms with Gasteiger partial charge in [0.15, 0.2) is 11.2 Å². The van der Waals surface area contributed by atoms with Crippen molar-refractivity contribution in [1.82, 2.24) is 18.7 Å². The lowest BCUT2D eigenvalue weighted by atomic mass is 9.91. The fourth-order valence-electron chi connectivity index (χ4n) is 5.44. The second kappa shape index (κ2) is 6.71. The summed E-state index contributed by atoms with van der Waals surface area (Å²) in [6.07, 6.45) is 7.99. The predicted molar refractivity (Wildman–Crippen MR) is 103 cm³/mol. The molecule has 2 aromatic heterocycles. The van der Waals surface area contributed by atoms with E-state index in [1.165, 1.54) is 30.3 Å². The van der Waals surface area contributed by atoms with Gasteiger partial charge in [-0.3, -0.25) is 13.9 Å². The van der Waals surface area contributed by atoms with Gasteiger partial charge in [-0.2, -0.15) is 0 Å². The van der Waals surface area contributed by atoms with Gasteiger partial charge in [0.25, 0.3) is 5.56 Å². The van der Waals surface area contributed by atoms with Crippen LogP contribution in [0.25, 0.3) is 11.2 Å². The maximum Gasteiger partial charge on any atom is 0.332 e. The molecule has 142 valence electrons. The van der Waals surface area contributed by atoms with Crippen LogP contribution in [0.4, 0.5) is 0 Å². The van der Waals surface area contributed by atoms with Crippen molar-refractivity contribution in [1.29, 1.82) is 0 Å². The largest absolute Gasteiger partial charge is 0.332 e. The van der Waals surface area contributed by atoms with Crippen LogP contribution < -0.4 is 11.2 Å². The number of aryl methyl sites for hydroxylation is 2. The average Bonchev–Trinajstić information content (AvgIpc) is 3.30. The fraction of sp³-hybridized carbons (Fsp3) is 0.750. The first kappa shape index (κ1) is 17.6. The third kappa shape index (κ3) is 2.48. The summed E-state index contributed by atoms with van der Waals surface area (Å²) in [6, 6.07) is 0. The summed E-state index contributed by atoms with van der Waals surface area (Å²) in [4.78, 5) is 30.9. The first-order valence-corrected chi connectivity index (χ1v) is 10.3. The molecule has 2 aliphatic rings.